The Balaban J connectivity index is 1.64. The molecular formula is C15H20N2O3S. The zero-order valence-corrected chi connectivity index (χ0v) is 12.9. The van der Waals surface area contributed by atoms with Crippen molar-refractivity contribution >= 4 is 11.3 Å². The number of ether oxygens (including phenoxy) is 1. The number of aliphatic hydroxyl groups is 1. The highest BCUT2D eigenvalue weighted by Crippen LogP contribution is 2.26. The van der Waals surface area contributed by atoms with Gasteiger partial charge in [0, 0.05) is 13.2 Å². The van der Waals surface area contributed by atoms with Crippen molar-refractivity contribution in [3.63, 3.8) is 0 Å². The fourth-order valence-corrected chi connectivity index (χ4v) is 3.21. The molecule has 1 saturated heterocycles. The summed E-state index contributed by atoms with van der Waals surface area (Å²) < 4.78 is 11.3. The first kappa shape index (κ1) is 14.7. The molecule has 0 radical (unpaired) electrons. The highest BCUT2D eigenvalue weighted by molar-refractivity contribution is 7.13. The van der Waals surface area contributed by atoms with E-state index in [4.69, 9.17) is 9.15 Å². The van der Waals surface area contributed by atoms with Gasteiger partial charge in [-0.2, -0.15) is 0 Å². The summed E-state index contributed by atoms with van der Waals surface area (Å²) in [5, 5.41) is 14.8. The number of oxazole rings is 1. The van der Waals surface area contributed by atoms with Gasteiger partial charge in [-0.1, -0.05) is 6.07 Å². The van der Waals surface area contributed by atoms with Gasteiger partial charge in [-0.3, -0.25) is 0 Å². The van der Waals surface area contributed by atoms with E-state index >= 15 is 0 Å². The Bertz CT molecular complexity index is 561. The maximum Gasteiger partial charge on any atom is 0.236 e. The van der Waals surface area contributed by atoms with Crippen molar-refractivity contribution in [2.75, 3.05) is 13.2 Å². The zero-order valence-electron chi connectivity index (χ0n) is 12.0. The Hall–Kier alpha value is -1.21. The van der Waals surface area contributed by atoms with Crippen molar-refractivity contribution in [2.24, 2.45) is 0 Å². The maximum atomic E-state index is 9.50. The zero-order chi connectivity index (χ0) is 14.7. The van der Waals surface area contributed by atoms with Gasteiger partial charge in [0.15, 0.2) is 0 Å². The minimum absolute atomic E-state index is 0.0474. The standard InChI is InChI=1S/C15H20N2O3S/c1-10-11(17-15(20-10)14-5-3-7-21-14)8-16-12(9-18)13-4-2-6-19-13/h3,5,7,12-13,16,18H,2,4,6,8-9H2,1H3. The number of rotatable bonds is 6. The summed E-state index contributed by atoms with van der Waals surface area (Å²) in [6, 6.07) is 3.93. The van der Waals surface area contributed by atoms with Gasteiger partial charge >= 0.3 is 0 Å². The SMILES string of the molecule is Cc1oc(-c2cccs2)nc1CNC(CO)C1CCCO1. The molecule has 1 aliphatic heterocycles. The number of hydrogen-bond acceptors (Lipinski definition) is 6. The molecule has 2 aromatic heterocycles. The average Bonchev–Trinajstić information content (AvgIpc) is 3.20. The van der Waals surface area contributed by atoms with E-state index in [2.05, 4.69) is 10.3 Å². The average molecular weight is 308 g/mol. The van der Waals surface area contributed by atoms with Gasteiger partial charge in [-0.15, -0.1) is 11.3 Å². The fourth-order valence-electron chi connectivity index (χ4n) is 2.56. The first-order valence-corrected chi connectivity index (χ1v) is 8.12. The van der Waals surface area contributed by atoms with Gasteiger partial charge in [0.05, 0.1) is 29.3 Å². The smallest absolute Gasteiger partial charge is 0.236 e. The van der Waals surface area contributed by atoms with Crippen LogP contribution in [0.1, 0.15) is 24.3 Å². The third-order valence-corrected chi connectivity index (χ3v) is 4.62. The highest BCUT2D eigenvalue weighted by atomic mass is 32.1. The number of thiophene rings is 1. The summed E-state index contributed by atoms with van der Waals surface area (Å²) in [6.45, 7) is 3.35. The van der Waals surface area contributed by atoms with E-state index < -0.39 is 0 Å². The quantitative estimate of drug-likeness (QED) is 0.857. The second-order valence-electron chi connectivity index (χ2n) is 5.22. The monoisotopic (exact) mass is 308 g/mol. The lowest BCUT2D eigenvalue weighted by molar-refractivity contribution is 0.0548. The summed E-state index contributed by atoms with van der Waals surface area (Å²) >= 11 is 1.61. The van der Waals surface area contributed by atoms with Crippen molar-refractivity contribution in [1.29, 1.82) is 0 Å². The Labute approximate surface area is 128 Å². The number of aromatic nitrogens is 1. The van der Waals surface area contributed by atoms with E-state index in [0.29, 0.717) is 12.4 Å². The lowest BCUT2D eigenvalue weighted by atomic mass is 10.1. The van der Waals surface area contributed by atoms with Crippen LogP contribution in [0.2, 0.25) is 0 Å². The van der Waals surface area contributed by atoms with Crippen molar-refractivity contribution in [3.8, 4) is 10.8 Å². The topological polar surface area (TPSA) is 67.5 Å². The fraction of sp³-hybridized carbons (Fsp3) is 0.533. The first-order valence-electron chi connectivity index (χ1n) is 7.24. The van der Waals surface area contributed by atoms with Crippen LogP contribution in [0.15, 0.2) is 21.9 Å². The van der Waals surface area contributed by atoms with Crippen LogP contribution < -0.4 is 5.32 Å². The highest BCUT2D eigenvalue weighted by Gasteiger charge is 2.25. The molecule has 2 atom stereocenters. The molecule has 5 nitrogen and oxygen atoms in total. The van der Waals surface area contributed by atoms with Crippen LogP contribution in [-0.4, -0.2) is 35.5 Å². The van der Waals surface area contributed by atoms with E-state index in [-0.39, 0.29) is 18.8 Å². The van der Waals surface area contributed by atoms with Crippen molar-refractivity contribution < 1.29 is 14.3 Å². The molecule has 3 heterocycles. The molecule has 0 aliphatic carbocycles. The summed E-state index contributed by atoms with van der Waals surface area (Å²) in [6.07, 6.45) is 2.16. The largest absolute Gasteiger partial charge is 0.440 e. The van der Waals surface area contributed by atoms with E-state index in [0.717, 1.165) is 35.8 Å². The van der Waals surface area contributed by atoms with E-state index in [9.17, 15) is 5.11 Å². The maximum absolute atomic E-state index is 9.50. The molecule has 0 bridgehead atoms. The van der Waals surface area contributed by atoms with Crippen LogP contribution in [-0.2, 0) is 11.3 Å². The number of nitrogens with one attached hydrogen (secondary N) is 1. The predicted octanol–water partition coefficient (Wildman–Crippen LogP) is 2.34. The molecule has 3 rings (SSSR count). The molecule has 1 fully saturated rings. The van der Waals surface area contributed by atoms with Gasteiger partial charge in [0.25, 0.3) is 0 Å². The molecule has 1 aliphatic rings. The molecule has 114 valence electrons. The third kappa shape index (κ3) is 3.35. The Morgan fingerprint density at radius 2 is 2.48 bits per heavy atom. The molecule has 0 aromatic carbocycles. The van der Waals surface area contributed by atoms with Gasteiger partial charge in [0.1, 0.15) is 5.76 Å². The third-order valence-electron chi connectivity index (χ3n) is 3.77. The Kier molecular flexibility index (Phi) is 4.70. The summed E-state index contributed by atoms with van der Waals surface area (Å²) in [5.41, 5.74) is 0.884. The summed E-state index contributed by atoms with van der Waals surface area (Å²) in [4.78, 5) is 5.57. The van der Waals surface area contributed by atoms with E-state index in [1.807, 2.05) is 24.4 Å². The first-order chi connectivity index (χ1) is 10.3. The number of aryl methyl sites for hydroxylation is 1. The van der Waals surface area contributed by atoms with Gasteiger partial charge in [-0.05, 0) is 31.2 Å². The molecule has 0 amide bonds. The number of nitrogens with zero attached hydrogens (tertiary/aromatic N) is 1. The lowest BCUT2D eigenvalue weighted by Gasteiger charge is -2.21. The molecule has 21 heavy (non-hydrogen) atoms. The van der Waals surface area contributed by atoms with Gasteiger partial charge in [-0.25, -0.2) is 4.98 Å². The van der Waals surface area contributed by atoms with Crippen molar-refractivity contribution in [2.45, 2.75) is 38.5 Å². The van der Waals surface area contributed by atoms with E-state index in [1.165, 1.54) is 0 Å². The van der Waals surface area contributed by atoms with Crippen LogP contribution in [0, 0.1) is 6.92 Å². The van der Waals surface area contributed by atoms with Crippen LogP contribution in [0.25, 0.3) is 10.8 Å². The molecule has 6 heteroatoms. The van der Waals surface area contributed by atoms with Crippen LogP contribution in [0.3, 0.4) is 0 Å². The van der Waals surface area contributed by atoms with E-state index in [1.54, 1.807) is 11.3 Å². The second-order valence-corrected chi connectivity index (χ2v) is 6.17. The lowest BCUT2D eigenvalue weighted by Crippen LogP contribution is -2.42. The normalized spacial score (nSPS) is 20.0. The molecule has 0 saturated carbocycles. The summed E-state index contributed by atoms with van der Waals surface area (Å²) in [5.74, 6) is 1.48. The van der Waals surface area contributed by atoms with Gasteiger partial charge in [0.2, 0.25) is 5.89 Å². The summed E-state index contributed by atoms with van der Waals surface area (Å²) in [7, 11) is 0. The van der Waals surface area contributed by atoms with Crippen molar-refractivity contribution in [1.82, 2.24) is 10.3 Å². The minimum atomic E-state index is -0.0474. The predicted molar refractivity (Wildman–Crippen MR) is 81.2 cm³/mol. The van der Waals surface area contributed by atoms with Crippen LogP contribution in [0.4, 0.5) is 0 Å². The molecule has 2 aromatic rings. The van der Waals surface area contributed by atoms with Crippen LogP contribution >= 0.6 is 11.3 Å². The minimum Gasteiger partial charge on any atom is -0.440 e. The van der Waals surface area contributed by atoms with Crippen molar-refractivity contribution in [3.05, 3.63) is 29.0 Å². The Morgan fingerprint density at radius 3 is 3.14 bits per heavy atom. The second kappa shape index (κ2) is 6.70. The molecule has 2 unspecified atom stereocenters. The van der Waals surface area contributed by atoms with Crippen LogP contribution in [0.5, 0.6) is 0 Å². The number of hydrogen-bond donors (Lipinski definition) is 2. The molecular weight excluding hydrogens is 288 g/mol. The Morgan fingerprint density at radius 1 is 1.57 bits per heavy atom. The molecule has 2 N–H and O–H groups in total. The van der Waals surface area contributed by atoms with Gasteiger partial charge < -0.3 is 19.6 Å². The molecule has 0 spiro atoms. The number of aliphatic hydroxyl groups excluding tert-OH is 1.